The molecule has 25 heavy (non-hydrogen) atoms. The number of aryl methyl sites for hydroxylation is 1. The highest BCUT2D eigenvalue weighted by Crippen LogP contribution is 2.17. The summed E-state index contributed by atoms with van der Waals surface area (Å²) in [5.41, 5.74) is 3.36. The quantitative estimate of drug-likeness (QED) is 0.715. The van der Waals surface area contributed by atoms with E-state index in [1.165, 1.54) is 29.8 Å². The molecule has 0 heterocycles. The summed E-state index contributed by atoms with van der Waals surface area (Å²) in [6, 6.07) is 20.6. The summed E-state index contributed by atoms with van der Waals surface area (Å²) in [5.74, 6) is 0.104. The standard InChI is InChI=1S/C21H18FNO2/c1-15-4-2-3-5-17(15)14-25-20-12-6-16(7-13-20)21(24)23-19-10-8-18(22)9-11-19/h2-13H,14H2,1H3,(H,23,24). The molecule has 4 heteroatoms. The number of carbonyl (C=O) groups excluding carboxylic acids is 1. The van der Waals surface area contributed by atoms with Gasteiger partial charge in [0.25, 0.3) is 5.91 Å². The number of hydrogen-bond donors (Lipinski definition) is 1. The molecule has 0 unspecified atom stereocenters. The minimum atomic E-state index is -0.340. The molecule has 0 bridgehead atoms. The van der Waals surface area contributed by atoms with E-state index in [1.54, 1.807) is 24.3 Å². The summed E-state index contributed by atoms with van der Waals surface area (Å²) < 4.78 is 18.7. The largest absolute Gasteiger partial charge is 0.489 e. The van der Waals surface area contributed by atoms with Gasteiger partial charge in [-0.05, 0) is 66.6 Å². The molecule has 0 saturated heterocycles. The molecule has 0 fully saturated rings. The highest BCUT2D eigenvalue weighted by atomic mass is 19.1. The van der Waals surface area contributed by atoms with Gasteiger partial charge < -0.3 is 10.1 Å². The molecule has 0 aliphatic heterocycles. The Hall–Kier alpha value is -3.14. The Morgan fingerprint density at radius 1 is 0.960 bits per heavy atom. The molecule has 0 aliphatic rings. The van der Waals surface area contributed by atoms with Gasteiger partial charge >= 0.3 is 0 Å². The van der Waals surface area contributed by atoms with Crippen molar-refractivity contribution in [3.8, 4) is 5.75 Å². The Kier molecular flexibility index (Phi) is 5.09. The minimum Gasteiger partial charge on any atom is -0.489 e. The lowest BCUT2D eigenvalue weighted by atomic mass is 10.1. The molecule has 1 amide bonds. The average molecular weight is 335 g/mol. The molecule has 0 radical (unpaired) electrons. The van der Waals surface area contributed by atoms with E-state index in [0.29, 0.717) is 23.6 Å². The first kappa shape index (κ1) is 16.7. The first-order valence-electron chi connectivity index (χ1n) is 7.96. The Morgan fingerprint density at radius 2 is 1.64 bits per heavy atom. The van der Waals surface area contributed by atoms with Gasteiger partial charge in [-0.25, -0.2) is 4.39 Å². The molecule has 0 aliphatic carbocycles. The van der Waals surface area contributed by atoms with E-state index >= 15 is 0 Å². The third-order valence-corrected chi connectivity index (χ3v) is 3.87. The molecule has 0 aromatic heterocycles. The van der Waals surface area contributed by atoms with Crippen LogP contribution < -0.4 is 10.1 Å². The maximum atomic E-state index is 12.9. The van der Waals surface area contributed by atoms with Gasteiger partial charge in [-0.1, -0.05) is 24.3 Å². The lowest BCUT2D eigenvalue weighted by molar-refractivity contribution is 0.102. The van der Waals surface area contributed by atoms with Crippen molar-refractivity contribution >= 4 is 11.6 Å². The number of nitrogens with one attached hydrogen (secondary N) is 1. The third kappa shape index (κ3) is 4.44. The van der Waals surface area contributed by atoms with Crippen LogP contribution in [0.2, 0.25) is 0 Å². The van der Waals surface area contributed by atoms with Crippen molar-refractivity contribution in [3.05, 3.63) is 95.3 Å². The van der Waals surface area contributed by atoms with E-state index in [1.807, 2.05) is 31.2 Å². The zero-order chi connectivity index (χ0) is 17.6. The summed E-state index contributed by atoms with van der Waals surface area (Å²) in [6.07, 6.45) is 0. The number of halogens is 1. The number of hydrogen-bond acceptors (Lipinski definition) is 2. The van der Waals surface area contributed by atoms with Crippen LogP contribution in [-0.4, -0.2) is 5.91 Å². The summed E-state index contributed by atoms with van der Waals surface area (Å²) in [7, 11) is 0. The van der Waals surface area contributed by atoms with Crippen molar-refractivity contribution in [2.24, 2.45) is 0 Å². The highest BCUT2D eigenvalue weighted by molar-refractivity contribution is 6.04. The average Bonchev–Trinajstić information content (AvgIpc) is 2.63. The zero-order valence-electron chi connectivity index (χ0n) is 13.8. The van der Waals surface area contributed by atoms with Gasteiger partial charge in [-0.2, -0.15) is 0 Å². The molecular formula is C21H18FNO2. The SMILES string of the molecule is Cc1ccccc1COc1ccc(C(=O)Nc2ccc(F)cc2)cc1. The van der Waals surface area contributed by atoms with Gasteiger partial charge in [-0.15, -0.1) is 0 Å². The van der Waals surface area contributed by atoms with E-state index in [4.69, 9.17) is 4.74 Å². The molecule has 3 rings (SSSR count). The van der Waals surface area contributed by atoms with Gasteiger partial charge in [0, 0.05) is 11.3 Å². The van der Waals surface area contributed by atoms with Crippen LogP contribution in [0.1, 0.15) is 21.5 Å². The normalized spacial score (nSPS) is 10.3. The van der Waals surface area contributed by atoms with Crippen molar-refractivity contribution in [2.75, 3.05) is 5.32 Å². The van der Waals surface area contributed by atoms with Gasteiger partial charge in [0.15, 0.2) is 0 Å². The molecule has 0 atom stereocenters. The number of benzene rings is 3. The van der Waals surface area contributed by atoms with Crippen molar-refractivity contribution in [1.29, 1.82) is 0 Å². The Labute approximate surface area is 146 Å². The van der Waals surface area contributed by atoms with E-state index in [2.05, 4.69) is 5.32 Å². The summed E-state index contributed by atoms with van der Waals surface area (Å²) >= 11 is 0. The number of carbonyl (C=O) groups is 1. The lowest BCUT2D eigenvalue weighted by Crippen LogP contribution is -2.11. The second-order valence-corrected chi connectivity index (χ2v) is 5.70. The van der Waals surface area contributed by atoms with Crippen LogP contribution in [0.25, 0.3) is 0 Å². The molecule has 3 aromatic carbocycles. The van der Waals surface area contributed by atoms with Crippen LogP contribution in [0.5, 0.6) is 5.75 Å². The van der Waals surface area contributed by atoms with Crippen LogP contribution in [0.4, 0.5) is 10.1 Å². The maximum absolute atomic E-state index is 12.9. The molecule has 1 N–H and O–H groups in total. The Morgan fingerprint density at radius 3 is 2.32 bits per heavy atom. The molecule has 3 nitrogen and oxygen atoms in total. The lowest BCUT2D eigenvalue weighted by Gasteiger charge is -2.09. The number of ether oxygens (including phenoxy) is 1. The maximum Gasteiger partial charge on any atom is 0.255 e. The van der Waals surface area contributed by atoms with E-state index in [0.717, 1.165) is 5.56 Å². The topological polar surface area (TPSA) is 38.3 Å². The Bertz CT molecular complexity index is 858. The second-order valence-electron chi connectivity index (χ2n) is 5.70. The first-order chi connectivity index (χ1) is 12.1. The first-order valence-corrected chi connectivity index (χ1v) is 7.96. The van der Waals surface area contributed by atoms with Gasteiger partial charge in [0.2, 0.25) is 0 Å². The minimum absolute atomic E-state index is 0.253. The fourth-order valence-electron chi connectivity index (χ4n) is 2.37. The predicted octanol–water partition coefficient (Wildman–Crippen LogP) is 4.97. The smallest absolute Gasteiger partial charge is 0.255 e. The van der Waals surface area contributed by atoms with Crippen molar-refractivity contribution in [3.63, 3.8) is 0 Å². The van der Waals surface area contributed by atoms with Crippen LogP contribution >= 0.6 is 0 Å². The van der Waals surface area contributed by atoms with E-state index < -0.39 is 0 Å². The van der Waals surface area contributed by atoms with Gasteiger partial charge in [0.05, 0.1) is 0 Å². The third-order valence-electron chi connectivity index (χ3n) is 3.87. The van der Waals surface area contributed by atoms with E-state index in [-0.39, 0.29) is 11.7 Å². The molecule has 3 aromatic rings. The molecular weight excluding hydrogens is 317 g/mol. The van der Waals surface area contributed by atoms with Crippen molar-refractivity contribution in [1.82, 2.24) is 0 Å². The van der Waals surface area contributed by atoms with Gasteiger partial charge in [-0.3, -0.25) is 4.79 Å². The van der Waals surface area contributed by atoms with Crippen molar-refractivity contribution < 1.29 is 13.9 Å². The second kappa shape index (κ2) is 7.62. The number of rotatable bonds is 5. The summed E-state index contributed by atoms with van der Waals surface area (Å²) in [6.45, 7) is 2.52. The van der Waals surface area contributed by atoms with Crippen LogP contribution in [0.15, 0.2) is 72.8 Å². The number of anilines is 1. The van der Waals surface area contributed by atoms with Crippen molar-refractivity contribution in [2.45, 2.75) is 13.5 Å². The van der Waals surface area contributed by atoms with Crippen LogP contribution in [0.3, 0.4) is 0 Å². The summed E-state index contributed by atoms with van der Waals surface area (Å²) in [4.78, 5) is 12.2. The number of amides is 1. The molecule has 126 valence electrons. The highest BCUT2D eigenvalue weighted by Gasteiger charge is 2.07. The zero-order valence-corrected chi connectivity index (χ0v) is 13.8. The predicted molar refractivity (Wildman–Crippen MR) is 96.3 cm³/mol. The van der Waals surface area contributed by atoms with Gasteiger partial charge in [0.1, 0.15) is 18.2 Å². The summed E-state index contributed by atoms with van der Waals surface area (Å²) in [5, 5.41) is 2.72. The fraction of sp³-hybridized carbons (Fsp3) is 0.0952. The van der Waals surface area contributed by atoms with Crippen LogP contribution in [-0.2, 0) is 6.61 Å². The van der Waals surface area contributed by atoms with Crippen LogP contribution in [0, 0.1) is 12.7 Å². The molecule has 0 spiro atoms. The molecule has 0 saturated carbocycles. The Balaban J connectivity index is 1.60. The fourth-order valence-corrected chi connectivity index (χ4v) is 2.37. The van der Waals surface area contributed by atoms with E-state index in [9.17, 15) is 9.18 Å². The monoisotopic (exact) mass is 335 g/mol.